The smallest absolute Gasteiger partial charge is 0.240 e. The molecule has 26 heavy (non-hydrogen) atoms. The van der Waals surface area contributed by atoms with Crippen molar-refractivity contribution in [3.8, 4) is 5.75 Å². The Balaban J connectivity index is 1.54. The Morgan fingerprint density at radius 3 is 2.96 bits per heavy atom. The number of benzene rings is 2. The monoisotopic (exact) mass is 367 g/mol. The SMILES string of the molecule is COc1ccc2nc(S[C@@H](C)C(=O)N3c4ccccc4C[C@H]3C)[nH]c2c1. The second-order valence-corrected chi connectivity index (χ2v) is 7.90. The van der Waals surface area contributed by atoms with Crippen LogP contribution in [0.25, 0.3) is 11.0 Å². The number of aromatic amines is 1. The van der Waals surface area contributed by atoms with Crippen LogP contribution in [0, 0.1) is 0 Å². The van der Waals surface area contributed by atoms with E-state index in [0.717, 1.165) is 34.0 Å². The fourth-order valence-electron chi connectivity index (χ4n) is 3.46. The summed E-state index contributed by atoms with van der Waals surface area (Å²) in [5, 5.41) is 0.514. The predicted molar refractivity (Wildman–Crippen MR) is 105 cm³/mol. The second kappa shape index (κ2) is 6.68. The number of fused-ring (bicyclic) bond motifs is 2. The first-order valence-electron chi connectivity index (χ1n) is 8.68. The van der Waals surface area contributed by atoms with Gasteiger partial charge in [0.05, 0.1) is 23.4 Å². The molecule has 2 heterocycles. The molecule has 1 aromatic heterocycles. The van der Waals surface area contributed by atoms with Crippen molar-refractivity contribution < 1.29 is 9.53 Å². The van der Waals surface area contributed by atoms with Crippen LogP contribution in [-0.2, 0) is 11.2 Å². The number of methoxy groups -OCH3 is 1. The van der Waals surface area contributed by atoms with Gasteiger partial charge in [-0.2, -0.15) is 0 Å². The van der Waals surface area contributed by atoms with Gasteiger partial charge in [0.1, 0.15) is 5.75 Å². The number of H-pyrrole nitrogens is 1. The maximum Gasteiger partial charge on any atom is 0.240 e. The lowest BCUT2D eigenvalue weighted by molar-refractivity contribution is -0.118. The lowest BCUT2D eigenvalue weighted by Crippen LogP contribution is -2.40. The van der Waals surface area contributed by atoms with E-state index in [2.05, 4.69) is 23.0 Å². The number of carbonyl (C=O) groups excluding carboxylic acids is 1. The highest BCUT2D eigenvalue weighted by Crippen LogP contribution is 2.34. The van der Waals surface area contributed by atoms with Gasteiger partial charge in [0.25, 0.3) is 0 Å². The number of hydrogen-bond acceptors (Lipinski definition) is 4. The Morgan fingerprint density at radius 1 is 1.35 bits per heavy atom. The van der Waals surface area contributed by atoms with Crippen molar-refractivity contribution in [1.29, 1.82) is 0 Å². The van der Waals surface area contributed by atoms with E-state index < -0.39 is 0 Å². The number of anilines is 1. The molecule has 1 aliphatic rings. The summed E-state index contributed by atoms with van der Waals surface area (Å²) < 4.78 is 5.25. The maximum atomic E-state index is 13.1. The maximum absolute atomic E-state index is 13.1. The summed E-state index contributed by atoms with van der Waals surface area (Å²) in [6, 6.07) is 14.0. The first kappa shape index (κ1) is 17.0. The highest BCUT2D eigenvalue weighted by Gasteiger charge is 2.33. The van der Waals surface area contributed by atoms with E-state index in [1.165, 1.54) is 17.3 Å². The average Bonchev–Trinajstić information content (AvgIpc) is 3.19. The Bertz CT molecular complexity index is 969. The molecule has 5 nitrogen and oxygen atoms in total. The number of hydrogen-bond donors (Lipinski definition) is 1. The molecule has 3 aromatic rings. The molecule has 0 aliphatic carbocycles. The number of nitrogens with zero attached hydrogens (tertiary/aromatic N) is 2. The molecule has 134 valence electrons. The van der Waals surface area contributed by atoms with E-state index in [0.29, 0.717) is 0 Å². The standard InChI is InChI=1S/C20H21N3O2S/c1-12-10-14-6-4-5-7-18(14)23(12)19(24)13(2)26-20-21-16-9-8-15(25-3)11-17(16)22-20/h4-9,11-13H,10H2,1-3H3,(H,21,22)/t12-,13+/m1/s1. The summed E-state index contributed by atoms with van der Waals surface area (Å²) in [5.41, 5.74) is 4.05. The summed E-state index contributed by atoms with van der Waals surface area (Å²) >= 11 is 1.46. The highest BCUT2D eigenvalue weighted by molar-refractivity contribution is 8.00. The summed E-state index contributed by atoms with van der Waals surface area (Å²) in [5.74, 6) is 0.898. The third-order valence-electron chi connectivity index (χ3n) is 4.75. The summed E-state index contributed by atoms with van der Waals surface area (Å²) in [4.78, 5) is 22.9. The van der Waals surface area contributed by atoms with E-state index in [9.17, 15) is 4.79 Å². The number of thioether (sulfide) groups is 1. The van der Waals surface area contributed by atoms with Crippen LogP contribution in [0.2, 0.25) is 0 Å². The van der Waals surface area contributed by atoms with Crippen LogP contribution in [0.5, 0.6) is 5.75 Å². The number of nitrogens with one attached hydrogen (secondary N) is 1. The fraction of sp³-hybridized carbons (Fsp3) is 0.300. The molecule has 0 fully saturated rings. The molecule has 4 rings (SSSR count). The van der Waals surface area contributed by atoms with Crippen LogP contribution >= 0.6 is 11.8 Å². The van der Waals surface area contributed by atoms with Crippen molar-refractivity contribution in [1.82, 2.24) is 9.97 Å². The van der Waals surface area contributed by atoms with Crippen molar-refractivity contribution >= 4 is 34.4 Å². The molecule has 0 radical (unpaired) electrons. The molecule has 1 N–H and O–H groups in total. The zero-order valence-electron chi connectivity index (χ0n) is 15.0. The molecular formula is C20H21N3O2S. The van der Waals surface area contributed by atoms with Crippen molar-refractivity contribution in [2.24, 2.45) is 0 Å². The van der Waals surface area contributed by atoms with Crippen LogP contribution in [0.1, 0.15) is 19.4 Å². The van der Waals surface area contributed by atoms with Crippen LogP contribution in [0.15, 0.2) is 47.6 Å². The van der Waals surface area contributed by atoms with Gasteiger partial charge in [-0.3, -0.25) is 4.79 Å². The number of ether oxygens (including phenoxy) is 1. The molecule has 2 atom stereocenters. The van der Waals surface area contributed by atoms with E-state index in [1.807, 2.05) is 48.2 Å². The third-order valence-corrected chi connectivity index (χ3v) is 5.72. The van der Waals surface area contributed by atoms with Gasteiger partial charge in [0.15, 0.2) is 5.16 Å². The molecule has 6 heteroatoms. The van der Waals surface area contributed by atoms with E-state index >= 15 is 0 Å². The first-order valence-corrected chi connectivity index (χ1v) is 9.56. The molecule has 2 aromatic carbocycles. The molecular weight excluding hydrogens is 346 g/mol. The van der Waals surface area contributed by atoms with Gasteiger partial charge >= 0.3 is 0 Å². The number of rotatable bonds is 4. The lowest BCUT2D eigenvalue weighted by atomic mass is 10.1. The lowest BCUT2D eigenvalue weighted by Gasteiger charge is -2.25. The minimum Gasteiger partial charge on any atom is -0.497 e. The van der Waals surface area contributed by atoms with Crippen LogP contribution in [0.3, 0.4) is 0 Å². The first-order chi connectivity index (χ1) is 12.6. The van der Waals surface area contributed by atoms with E-state index in [1.54, 1.807) is 7.11 Å². The molecule has 0 saturated heterocycles. The minimum atomic E-state index is -0.230. The Kier molecular flexibility index (Phi) is 4.36. The molecule has 1 amide bonds. The molecule has 1 aliphatic heterocycles. The quantitative estimate of drug-likeness (QED) is 0.708. The average molecular weight is 367 g/mol. The molecule has 0 bridgehead atoms. The molecule has 0 spiro atoms. The van der Waals surface area contributed by atoms with Gasteiger partial charge in [0, 0.05) is 17.8 Å². The molecule has 0 saturated carbocycles. The third kappa shape index (κ3) is 2.94. The number of amides is 1. The van der Waals surface area contributed by atoms with Gasteiger partial charge in [-0.15, -0.1) is 0 Å². The van der Waals surface area contributed by atoms with Crippen molar-refractivity contribution in [2.75, 3.05) is 12.0 Å². The Morgan fingerprint density at radius 2 is 2.15 bits per heavy atom. The topological polar surface area (TPSA) is 58.2 Å². The molecule has 0 unspecified atom stereocenters. The minimum absolute atomic E-state index is 0.116. The summed E-state index contributed by atoms with van der Waals surface area (Å²) in [6.45, 7) is 4.04. The zero-order chi connectivity index (χ0) is 18.3. The van der Waals surface area contributed by atoms with E-state index in [-0.39, 0.29) is 17.2 Å². The normalized spacial score (nSPS) is 17.3. The van der Waals surface area contributed by atoms with Crippen LogP contribution in [0.4, 0.5) is 5.69 Å². The number of para-hydroxylation sites is 1. The van der Waals surface area contributed by atoms with Gasteiger partial charge in [0.2, 0.25) is 5.91 Å². The number of imidazole rings is 1. The summed E-state index contributed by atoms with van der Waals surface area (Å²) in [6.07, 6.45) is 0.906. The van der Waals surface area contributed by atoms with Crippen LogP contribution < -0.4 is 9.64 Å². The van der Waals surface area contributed by atoms with Gasteiger partial charge in [-0.1, -0.05) is 30.0 Å². The predicted octanol–water partition coefficient (Wildman–Crippen LogP) is 4.03. The van der Waals surface area contributed by atoms with Crippen molar-refractivity contribution in [3.05, 3.63) is 48.0 Å². The summed E-state index contributed by atoms with van der Waals surface area (Å²) in [7, 11) is 1.64. The van der Waals surface area contributed by atoms with E-state index in [4.69, 9.17) is 4.74 Å². The number of aromatic nitrogens is 2. The van der Waals surface area contributed by atoms with Gasteiger partial charge in [-0.25, -0.2) is 4.98 Å². The van der Waals surface area contributed by atoms with Gasteiger partial charge < -0.3 is 14.6 Å². The highest BCUT2D eigenvalue weighted by atomic mass is 32.2. The second-order valence-electron chi connectivity index (χ2n) is 6.58. The van der Waals surface area contributed by atoms with Crippen LogP contribution in [-0.4, -0.2) is 34.3 Å². The van der Waals surface area contributed by atoms with Crippen molar-refractivity contribution in [2.45, 2.75) is 36.7 Å². The Hall–Kier alpha value is -2.47. The van der Waals surface area contributed by atoms with Gasteiger partial charge in [-0.05, 0) is 44.0 Å². The zero-order valence-corrected chi connectivity index (χ0v) is 15.8. The largest absolute Gasteiger partial charge is 0.497 e. The number of carbonyl (C=O) groups is 1. The van der Waals surface area contributed by atoms with Crippen molar-refractivity contribution in [3.63, 3.8) is 0 Å². The Labute approximate surface area is 156 Å². The fourth-order valence-corrected chi connectivity index (χ4v) is 4.33.